The minimum atomic E-state index is -4.51. The van der Waals surface area contributed by atoms with E-state index in [-0.39, 0.29) is 37.4 Å². The molecule has 1 aromatic heterocycles. The first-order valence-electron chi connectivity index (χ1n) is 7.84. The summed E-state index contributed by atoms with van der Waals surface area (Å²) in [6.45, 7) is 0.298. The zero-order valence-electron chi connectivity index (χ0n) is 13.2. The lowest BCUT2D eigenvalue weighted by atomic mass is 9.97. The Morgan fingerprint density at radius 3 is 2.76 bits per heavy atom. The maximum atomic E-state index is 13.3. The van der Waals surface area contributed by atoms with E-state index in [0.29, 0.717) is 0 Å². The predicted molar refractivity (Wildman–Crippen MR) is 81.2 cm³/mol. The van der Waals surface area contributed by atoms with E-state index in [1.807, 2.05) is 0 Å². The number of carbonyl (C=O) groups is 1. The van der Waals surface area contributed by atoms with Crippen molar-refractivity contribution in [2.45, 2.75) is 37.7 Å². The Bertz CT molecular complexity index is 733. The summed E-state index contributed by atoms with van der Waals surface area (Å²) >= 11 is 0. The number of carbonyl (C=O) groups excluding carboxylic acids is 1. The lowest BCUT2D eigenvalue weighted by molar-refractivity contribution is -0.140. The Hall–Kier alpha value is -2.42. The van der Waals surface area contributed by atoms with Crippen LogP contribution in [0.4, 0.5) is 13.2 Å². The quantitative estimate of drug-likeness (QED) is 0.912. The highest BCUT2D eigenvalue weighted by Gasteiger charge is 2.41. The van der Waals surface area contributed by atoms with Gasteiger partial charge in [-0.3, -0.25) is 9.48 Å². The smallest absolute Gasteiger partial charge is 0.391 e. The third-order valence-electron chi connectivity index (χ3n) is 4.25. The Balaban J connectivity index is 1.81. The van der Waals surface area contributed by atoms with E-state index >= 15 is 0 Å². The molecule has 2 unspecified atom stereocenters. The molecule has 2 heterocycles. The Morgan fingerprint density at radius 1 is 1.32 bits per heavy atom. The Kier molecular flexibility index (Phi) is 4.76. The van der Waals surface area contributed by atoms with Crippen LogP contribution < -0.4 is 0 Å². The van der Waals surface area contributed by atoms with E-state index in [1.165, 1.54) is 34.0 Å². The fourth-order valence-corrected chi connectivity index (χ4v) is 3.14. The van der Waals surface area contributed by atoms with E-state index in [2.05, 4.69) is 10.3 Å². The molecule has 25 heavy (non-hydrogen) atoms. The molecule has 2 atom stereocenters. The zero-order chi connectivity index (χ0) is 18.0. The lowest BCUT2D eigenvalue weighted by Crippen LogP contribution is -2.33. The molecule has 0 aliphatic carbocycles. The average Bonchev–Trinajstić information content (AvgIpc) is 3.21. The molecule has 1 aliphatic rings. The summed E-state index contributed by atoms with van der Waals surface area (Å²) in [6, 6.07) is 4.39. The van der Waals surface area contributed by atoms with Gasteiger partial charge in [-0.25, -0.2) is 0 Å². The molecule has 0 spiro atoms. The number of aliphatic hydroxyl groups excluding tert-OH is 1. The number of benzene rings is 1. The third-order valence-corrected chi connectivity index (χ3v) is 4.25. The largest absolute Gasteiger partial charge is 0.416 e. The van der Waals surface area contributed by atoms with Crippen molar-refractivity contribution in [3.63, 3.8) is 0 Å². The van der Waals surface area contributed by atoms with Crippen molar-refractivity contribution < 1.29 is 23.1 Å². The van der Waals surface area contributed by atoms with Crippen molar-refractivity contribution in [1.82, 2.24) is 19.9 Å². The molecule has 3 rings (SSSR count). The second kappa shape index (κ2) is 6.83. The molecule has 1 saturated heterocycles. The third kappa shape index (κ3) is 3.81. The highest BCUT2D eigenvalue weighted by molar-refractivity contribution is 5.77. The van der Waals surface area contributed by atoms with Crippen LogP contribution in [0.3, 0.4) is 0 Å². The van der Waals surface area contributed by atoms with Crippen LogP contribution in [0.15, 0.2) is 36.7 Å². The van der Waals surface area contributed by atoms with Crippen molar-refractivity contribution in [3.05, 3.63) is 47.8 Å². The molecular weight excluding hydrogens is 337 g/mol. The van der Waals surface area contributed by atoms with E-state index in [1.54, 1.807) is 6.20 Å². The van der Waals surface area contributed by atoms with Crippen molar-refractivity contribution >= 4 is 5.91 Å². The van der Waals surface area contributed by atoms with E-state index in [4.69, 9.17) is 0 Å². The summed E-state index contributed by atoms with van der Waals surface area (Å²) in [6.07, 6.45) is -2.13. The molecule has 0 radical (unpaired) electrons. The number of aryl methyl sites for hydroxylation is 1. The average molecular weight is 354 g/mol. The molecule has 1 fully saturated rings. The van der Waals surface area contributed by atoms with Gasteiger partial charge in [0.25, 0.3) is 0 Å². The summed E-state index contributed by atoms with van der Waals surface area (Å²) in [5.41, 5.74) is -0.760. The van der Waals surface area contributed by atoms with Gasteiger partial charge in [-0.05, 0) is 18.1 Å². The maximum absolute atomic E-state index is 13.3. The number of β-amino-alcohol motifs (C(OH)–C–C–N with tert-alkyl or cyclic N) is 1. The fourth-order valence-electron chi connectivity index (χ4n) is 3.14. The van der Waals surface area contributed by atoms with Gasteiger partial charge in [-0.2, -0.15) is 13.2 Å². The summed E-state index contributed by atoms with van der Waals surface area (Å²) in [4.78, 5) is 13.8. The predicted octanol–water partition coefficient (Wildman–Crippen LogP) is 2.02. The van der Waals surface area contributed by atoms with Crippen LogP contribution in [-0.2, 0) is 17.5 Å². The van der Waals surface area contributed by atoms with Crippen LogP contribution >= 0.6 is 0 Å². The van der Waals surface area contributed by atoms with Gasteiger partial charge >= 0.3 is 6.18 Å². The molecule has 0 bridgehead atoms. The zero-order valence-corrected chi connectivity index (χ0v) is 13.2. The number of hydrogen-bond donors (Lipinski definition) is 1. The summed E-state index contributed by atoms with van der Waals surface area (Å²) in [7, 11) is 0. The van der Waals surface area contributed by atoms with Crippen molar-refractivity contribution in [1.29, 1.82) is 0 Å². The highest BCUT2D eigenvalue weighted by Crippen LogP contribution is 2.40. The lowest BCUT2D eigenvalue weighted by Gasteiger charge is -2.27. The molecule has 9 heteroatoms. The monoisotopic (exact) mass is 354 g/mol. The Labute approximate surface area is 141 Å². The van der Waals surface area contributed by atoms with Gasteiger partial charge in [0.15, 0.2) is 0 Å². The van der Waals surface area contributed by atoms with Gasteiger partial charge in [0.2, 0.25) is 5.91 Å². The van der Waals surface area contributed by atoms with E-state index in [0.717, 1.165) is 6.07 Å². The van der Waals surface area contributed by atoms with Gasteiger partial charge in [0, 0.05) is 19.2 Å². The number of aromatic nitrogens is 3. The molecule has 2 aromatic rings. The SMILES string of the molecule is O=C(CCn1ccnn1)N1CC(O)CC1c1ccccc1C(F)(F)F. The van der Waals surface area contributed by atoms with Crippen LogP contribution in [0.1, 0.15) is 30.0 Å². The number of hydrogen-bond acceptors (Lipinski definition) is 4. The second-order valence-corrected chi connectivity index (χ2v) is 5.95. The van der Waals surface area contributed by atoms with Gasteiger partial charge in [0.1, 0.15) is 0 Å². The molecule has 1 amide bonds. The van der Waals surface area contributed by atoms with Gasteiger partial charge in [-0.1, -0.05) is 23.4 Å². The molecule has 1 aliphatic heterocycles. The number of likely N-dealkylation sites (tertiary alicyclic amines) is 1. The first-order valence-corrected chi connectivity index (χ1v) is 7.84. The minimum Gasteiger partial charge on any atom is -0.391 e. The van der Waals surface area contributed by atoms with Gasteiger partial charge in [-0.15, -0.1) is 5.10 Å². The molecule has 0 saturated carbocycles. The van der Waals surface area contributed by atoms with Crippen molar-refractivity contribution in [2.75, 3.05) is 6.54 Å². The topological polar surface area (TPSA) is 71.2 Å². The van der Waals surface area contributed by atoms with E-state index < -0.39 is 23.9 Å². The summed E-state index contributed by atoms with van der Waals surface area (Å²) in [5, 5.41) is 17.3. The minimum absolute atomic E-state index is 0.0145. The number of alkyl halides is 3. The molecule has 1 N–H and O–H groups in total. The summed E-state index contributed by atoms with van der Waals surface area (Å²) in [5.74, 6) is -0.325. The molecular formula is C16H17F3N4O2. The molecule has 1 aromatic carbocycles. The number of amides is 1. The van der Waals surface area contributed by atoms with Crippen LogP contribution in [0, 0.1) is 0 Å². The van der Waals surface area contributed by atoms with Crippen LogP contribution in [0.5, 0.6) is 0 Å². The standard InChI is InChI=1S/C16H17F3N4O2/c17-16(18,19)13-4-2-1-3-12(13)14-9-11(24)10-23(14)15(25)5-7-22-8-6-20-21-22/h1-4,6,8,11,14,24H,5,7,9-10H2. The number of halogens is 3. The first kappa shape index (κ1) is 17.4. The summed E-state index contributed by atoms with van der Waals surface area (Å²) < 4.78 is 41.3. The Morgan fingerprint density at radius 2 is 2.08 bits per heavy atom. The van der Waals surface area contributed by atoms with Crippen LogP contribution in [0.25, 0.3) is 0 Å². The maximum Gasteiger partial charge on any atom is 0.416 e. The van der Waals surface area contributed by atoms with Gasteiger partial charge < -0.3 is 10.0 Å². The fraction of sp³-hybridized carbons (Fsp3) is 0.438. The second-order valence-electron chi connectivity index (χ2n) is 5.95. The van der Waals surface area contributed by atoms with Gasteiger partial charge in [0.05, 0.1) is 30.5 Å². The number of rotatable bonds is 4. The normalized spacial score (nSPS) is 20.9. The van der Waals surface area contributed by atoms with Crippen LogP contribution in [0.2, 0.25) is 0 Å². The number of nitrogens with zero attached hydrogens (tertiary/aromatic N) is 4. The van der Waals surface area contributed by atoms with Crippen LogP contribution in [-0.4, -0.2) is 43.6 Å². The number of aliphatic hydroxyl groups is 1. The highest BCUT2D eigenvalue weighted by atomic mass is 19.4. The van der Waals surface area contributed by atoms with Crippen molar-refractivity contribution in [3.8, 4) is 0 Å². The first-order chi connectivity index (χ1) is 11.9. The molecule has 134 valence electrons. The molecule has 6 nitrogen and oxygen atoms in total. The van der Waals surface area contributed by atoms with E-state index in [9.17, 15) is 23.1 Å². The van der Waals surface area contributed by atoms with Crippen molar-refractivity contribution in [2.24, 2.45) is 0 Å².